The fourth-order valence-electron chi connectivity index (χ4n) is 2.46. The summed E-state index contributed by atoms with van der Waals surface area (Å²) in [6.07, 6.45) is 0.912. The van der Waals surface area contributed by atoms with Crippen molar-refractivity contribution in [3.63, 3.8) is 0 Å². The fraction of sp³-hybridized carbons (Fsp3) is 0.167. The Morgan fingerprint density at radius 1 is 1.00 bits per heavy atom. The topological polar surface area (TPSA) is 50.9 Å². The number of aromatic nitrogens is 1. The van der Waals surface area contributed by atoms with Crippen LogP contribution in [0.25, 0.3) is 10.9 Å². The Labute approximate surface area is 129 Å². The first-order valence-electron chi connectivity index (χ1n) is 7.31. The summed E-state index contributed by atoms with van der Waals surface area (Å²) in [6, 6.07) is 16.7. The Morgan fingerprint density at radius 2 is 1.91 bits per heavy atom. The molecule has 0 aliphatic rings. The predicted molar refractivity (Wildman–Crippen MR) is 88.0 cm³/mol. The molecular formula is C18H18FN3. The third-order valence-electron chi connectivity index (χ3n) is 3.58. The molecule has 3 aromatic rings. The van der Waals surface area contributed by atoms with Gasteiger partial charge in [-0.1, -0.05) is 18.2 Å². The monoisotopic (exact) mass is 295 g/mol. The standard InChI is InChI=1S/C18H18FN3/c19-16-3-1-2-14(11-16)12-21-9-8-13-4-6-17-15(10-13)5-7-18(20)22-17/h1-7,10-11,21H,8-9,12H2,(H2,20,22). The van der Waals surface area contributed by atoms with Crippen molar-refractivity contribution < 1.29 is 4.39 Å². The quantitative estimate of drug-likeness (QED) is 0.710. The van der Waals surface area contributed by atoms with Crippen LogP contribution in [0.2, 0.25) is 0 Å². The van der Waals surface area contributed by atoms with E-state index in [-0.39, 0.29) is 5.82 Å². The van der Waals surface area contributed by atoms with E-state index in [2.05, 4.69) is 22.4 Å². The smallest absolute Gasteiger partial charge is 0.124 e. The molecular weight excluding hydrogens is 277 g/mol. The van der Waals surface area contributed by atoms with E-state index in [1.54, 1.807) is 12.1 Å². The second-order valence-corrected chi connectivity index (χ2v) is 5.32. The highest BCUT2D eigenvalue weighted by Crippen LogP contribution is 2.16. The Bertz CT molecular complexity index is 786. The maximum atomic E-state index is 13.1. The third-order valence-corrected chi connectivity index (χ3v) is 3.58. The van der Waals surface area contributed by atoms with Crippen LogP contribution in [0, 0.1) is 5.82 Å². The number of hydrogen-bond acceptors (Lipinski definition) is 3. The van der Waals surface area contributed by atoms with Gasteiger partial charge in [-0.05, 0) is 60.5 Å². The first-order chi connectivity index (χ1) is 10.7. The minimum atomic E-state index is -0.194. The Kier molecular flexibility index (Phi) is 4.30. The van der Waals surface area contributed by atoms with Crippen molar-refractivity contribution in [3.8, 4) is 0 Å². The molecule has 112 valence electrons. The van der Waals surface area contributed by atoms with Crippen LogP contribution in [0.1, 0.15) is 11.1 Å². The number of nitrogens with one attached hydrogen (secondary N) is 1. The first kappa shape index (κ1) is 14.5. The highest BCUT2D eigenvalue weighted by Gasteiger charge is 2.00. The molecule has 1 aromatic heterocycles. The average molecular weight is 295 g/mol. The summed E-state index contributed by atoms with van der Waals surface area (Å²) in [4.78, 5) is 4.29. The SMILES string of the molecule is Nc1ccc2cc(CCNCc3cccc(F)c3)ccc2n1. The Balaban J connectivity index is 1.56. The van der Waals surface area contributed by atoms with E-state index in [1.807, 2.05) is 24.3 Å². The van der Waals surface area contributed by atoms with E-state index < -0.39 is 0 Å². The number of anilines is 1. The molecule has 3 rings (SSSR count). The summed E-state index contributed by atoms with van der Waals surface area (Å²) >= 11 is 0. The largest absolute Gasteiger partial charge is 0.384 e. The molecule has 0 radical (unpaired) electrons. The number of fused-ring (bicyclic) bond motifs is 1. The summed E-state index contributed by atoms with van der Waals surface area (Å²) < 4.78 is 13.1. The van der Waals surface area contributed by atoms with Gasteiger partial charge in [0.2, 0.25) is 0 Å². The zero-order valence-corrected chi connectivity index (χ0v) is 12.2. The van der Waals surface area contributed by atoms with E-state index in [4.69, 9.17) is 5.73 Å². The van der Waals surface area contributed by atoms with E-state index in [0.29, 0.717) is 12.4 Å². The van der Waals surface area contributed by atoms with Crippen LogP contribution in [0.15, 0.2) is 54.6 Å². The minimum absolute atomic E-state index is 0.194. The first-order valence-corrected chi connectivity index (χ1v) is 7.31. The zero-order valence-electron chi connectivity index (χ0n) is 12.2. The van der Waals surface area contributed by atoms with Crippen molar-refractivity contribution in [2.45, 2.75) is 13.0 Å². The summed E-state index contributed by atoms with van der Waals surface area (Å²) in [5, 5.41) is 4.43. The lowest BCUT2D eigenvalue weighted by atomic mass is 10.1. The lowest BCUT2D eigenvalue weighted by Crippen LogP contribution is -2.16. The summed E-state index contributed by atoms with van der Waals surface area (Å²) in [5.41, 5.74) is 8.79. The van der Waals surface area contributed by atoms with Crippen molar-refractivity contribution >= 4 is 16.7 Å². The van der Waals surface area contributed by atoms with Gasteiger partial charge in [-0.15, -0.1) is 0 Å². The van der Waals surface area contributed by atoms with Crippen LogP contribution < -0.4 is 11.1 Å². The van der Waals surface area contributed by atoms with Gasteiger partial charge >= 0.3 is 0 Å². The number of benzene rings is 2. The van der Waals surface area contributed by atoms with Crippen molar-refractivity contribution in [2.75, 3.05) is 12.3 Å². The summed E-state index contributed by atoms with van der Waals surface area (Å²) in [7, 11) is 0. The summed E-state index contributed by atoms with van der Waals surface area (Å²) in [5.74, 6) is 0.345. The lowest BCUT2D eigenvalue weighted by molar-refractivity contribution is 0.620. The fourth-order valence-corrected chi connectivity index (χ4v) is 2.46. The van der Waals surface area contributed by atoms with Gasteiger partial charge in [0.15, 0.2) is 0 Å². The molecule has 22 heavy (non-hydrogen) atoms. The van der Waals surface area contributed by atoms with Gasteiger partial charge in [0.1, 0.15) is 11.6 Å². The van der Waals surface area contributed by atoms with Crippen molar-refractivity contribution in [2.24, 2.45) is 0 Å². The predicted octanol–water partition coefficient (Wildman–Crippen LogP) is 3.29. The van der Waals surface area contributed by atoms with Crippen molar-refractivity contribution in [3.05, 3.63) is 71.5 Å². The number of rotatable bonds is 5. The van der Waals surface area contributed by atoms with Crippen molar-refractivity contribution in [1.82, 2.24) is 10.3 Å². The molecule has 0 saturated carbocycles. The van der Waals surface area contributed by atoms with E-state index in [1.165, 1.54) is 11.6 Å². The normalized spacial score (nSPS) is 11.0. The van der Waals surface area contributed by atoms with Gasteiger partial charge < -0.3 is 11.1 Å². The minimum Gasteiger partial charge on any atom is -0.384 e. The van der Waals surface area contributed by atoms with Gasteiger partial charge in [0.05, 0.1) is 5.52 Å². The molecule has 0 bridgehead atoms. The molecule has 3 N–H and O–H groups in total. The molecule has 2 aromatic carbocycles. The number of nitrogen functional groups attached to an aromatic ring is 1. The lowest BCUT2D eigenvalue weighted by Gasteiger charge is -2.07. The van der Waals surface area contributed by atoms with Crippen LogP contribution in [0.4, 0.5) is 10.2 Å². The molecule has 0 aliphatic carbocycles. The molecule has 4 heteroatoms. The molecule has 0 aliphatic heterocycles. The molecule has 0 spiro atoms. The number of hydrogen-bond donors (Lipinski definition) is 2. The molecule has 0 fully saturated rings. The second kappa shape index (κ2) is 6.54. The maximum Gasteiger partial charge on any atom is 0.124 e. The molecule has 3 nitrogen and oxygen atoms in total. The van der Waals surface area contributed by atoms with Crippen LogP contribution in [0.3, 0.4) is 0 Å². The van der Waals surface area contributed by atoms with Gasteiger partial charge in [-0.3, -0.25) is 0 Å². The van der Waals surface area contributed by atoms with Crippen LogP contribution in [-0.2, 0) is 13.0 Å². The zero-order chi connectivity index (χ0) is 15.4. The van der Waals surface area contributed by atoms with E-state index >= 15 is 0 Å². The molecule has 0 atom stereocenters. The Morgan fingerprint density at radius 3 is 2.77 bits per heavy atom. The number of nitrogens with zero attached hydrogens (tertiary/aromatic N) is 1. The van der Waals surface area contributed by atoms with Crippen LogP contribution >= 0.6 is 0 Å². The third kappa shape index (κ3) is 3.59. The average Bonchev–Trinajstić information content (AvgIpc) is 2.52. The van der Waals surface area contributed by atoms with E-state index in [9.17, 15) is 4.39 Å². The van der Waals surface area contributed by atoms with E-state index in [0.717, 1.165) is 29.4 Å². The van der Waals surface area contributed by atoms with Gasteiger partial charge in [0, 0.05) is 11.9 Å². The van der Waals surface area contributed by atoms with Crippen molar-refractivity contribution in [1.29, 1.82) is 0 Å². The summed E-state index contributed by atoms with van der Waals surface area (Å²) in [6.45, 7) is 1.51. The van der Waals surface area contributed by atoms with Crippen LogP contribution in [0.5, 0.6) is 0 Å². The highest BCUT2D eigenvalue weighted by atomic mass is 19.1. The Hall–Kier alpha value is -2.46. The number of nitrogens with two attached hydrogens (primary N) is 1. The molecule has 1 heterocycles. The molecule has 0 unspecified atom stereocenters. The van der Waals surface area contributed by atoms with Gasteiger partial charge in [-0.25, -0.2) is 9.37 Å². The van der Waals surface area contributed by atoms with Crippen LogP contribution in [-0.4, -0.2) is 11.5 Å². The number of halogens is 1. The highest BCUT2D eigenvalue weighted by molar-refractivity contribution is 5.80. The second-order valence-electron chi connectivity index (χ2n) is 5.32. The molecule has 0 saturated heterocycles. The van der Waals surface area contributed by atoms with Gasteiger partial charge in [0.25, 0.3) is 0 Å². The molecule has 0 amide bonds. The maximum absolute atomic E-state index is 13.1. The van der Waals surface area contributed by atoms with Gasteiger partial charge in [-0.2, -0.15) is 0 Å². The number of pyridine rings is 1.